The normalized spacial score (nSPS) is 13.5. The summed E-state index contributed by atoms with van der Waals surface area (Å²) in [6.45, 7) is 4.71. The van der Waals surface area contributed by atoms with Crippen molar-refractivity contribution in [3.05, 3.63) is 120 Å². The first-order chi connectivity index (χ1) is 16.1. The summed E-state index contributed by atoms with van der Waals surface area (Å²) in [5.74, 6) is 0. The first-order valence-electron chi connectivity index (χ1n) is 11.6. The molecule has 0 bridgehead atoms. The van der Waals surface area contributed by atoms with Crippen LogP contribution in [0.2, 0.25) is 0 Å². The van der Waals surface area contributed by atoms with Crippen LogP contribution in [0.5, 0.6) is 0 Å². The minimum Gasteiger partial charge on any atom is -0.344 e. The van der Waals surface area contributed by atoms with Gasteiger partial charge in [-0.15, -0.1) is 0 Å². The van der Waals surface area contributed by atoms with Crippen molar-refractivity contribution in [2.75, 3.05) is 11.9 Å². The van der Waals surface area contributed by atoms with Gasteiger partial charge in [0.2, 0.25) is 0 Å². The Kier molecular flexibility index (Phi) is 4.41. The zero-order chi connectivity index (χ0) is 22.6. The number of benzene rings is 5. The van der Waals surface area contributed by atoms with Gasteiger partial charge in [0, 0.05) is 29.4 Å². The minimum absolute atomic E-state index is 0.0372. The molecule has 0 unspecified atom stereocenters. The fourth-order valence-electron chi connectivity index (χ4n) is 5.47. The molecular formula is C32H27N. The molecular weight excluding hydrogens is 398 g/mol. The summed E-state index contributed by atoms with van der Waals surface area (Å²) in [6.07, 6.45) is 0. The highest BCUT2D eigenvalue weighted by atomic mass is 15.1. The van der Waals surface area contributed by atoms with Crippen molar-refractivity contribution in [1.82, 2.24) is 0 Å². The van der Waals surface area contributed by atoms with E-state index in [1.54, 1.807) is 0 Å². The van der Waals surface area contributed by atoms with Crippen LogP contribution in [-0.2, 0) is 5.41 Å². The van der Waals surface area contributed by atoms with E-state index in [0.29, 0.717) is 0 Å². The van der Waals surface area contributed by atoms with Crippen molar-refractivity contribution >= 4 is 22.1 Å². The highest BCUT2D eigenvalue weighted by molar-refractivity contribution is 6.02. The van der Waals surface area contributed by atoms with E-state index in [4.69, 9.17) is 0 Å². The topological polar surface area (TPSA) is 3.24 Å². The Morgan fingerprint density at radius 2 is 1.33 bits per heavy atom. The molecule has 0 N–H and O–H groups in total. The highest BCUT2D eigenvalue weighted by Gasteiger charge is 2.36. The summed E-state index contributed by atoms with van der Waals surface area (Å²) in [7, 11) is 2.17. The number of rotatable bonds is 3. The predicted octanol–water partition coefficient (Wildman–Crippen LogP) is 8.58. The van der Waals surface area contributed by atoms with Crippen molar-refractivity contribution < 1.29 is 0 Å². The summed E-state index contributed by atoms with van der Waals surface area (Å²) in [5, 5.41) is 2.65. The predicted molar refractivity (Wildman–Crippen MR) is 141 cm³/mol. The van der Waals surface area contributed by atoms with Crippen LogP contribution in [0.4, 0.5) is 11.4 Å². The second-order valence-electron chi connectivity index (χ2n) is 9.51. The fraction of sp³-hybridized carbons (Fsp3) is 0.125. The zero-order valence-electron chi connectivity index (χ0n) is 19.3. The maximum atomic E-state index is 2.39. The number of hydrogen-bond donors (Lipinski definition) is 0. The molecule has 6 rings (SSSR count). The zero-order valence-corrected chi connectivity index (χ0v) is 19.3. The first kappa shape index (κ1) is 19.8. The van der Waals surface area contributed by atoms with Gasteiger partial charge in [0.25, 0.3) is 0 Å². The van der Waals surface area contributed by atoms with Crippen molar-refractivity contribution in [3.8, 4) is 22.3 Å². The third-order valence-corrected chi connectivity index (χ3v) is 7.29. The SMILES string of the molecule is CN(c1ccc2c(c1)C(C)(C)c1ccc3ccccc3c1-2)c1ccccc1-c1ccccc1. The van der Waals surface area contributed by atoms with Gasteiger partial charge in [-0.1, -0.05) is 105 Å². The van der Waals surface area contributed by atoms with Crippen LogP contribution >= 0.6 is 0 Å². The Hall–Kier alpha value is -3.84. The summed E-state index contributed by atoms with van der Waals surface area (Å²) >= 11 is 0. The summed E-state index contributed by atoms with van der Waals surface area (Å²) < 4.78 is 0. The average Bonchev–Trinajstić information content (AvgIpc) is 3.10. The van der Waals surface area contributed by atoms with Gasteiger partial charge < -0.3 is 4.90 Å². The molecule has 160 valence electrons. The van der Waals surface area contributed by atoms with Crippen LogP contribution in [-0.4, -0.2) is 7.05 Å². The van der Waals surface area contributed by atoms with Crippen molar-refractivity contribution in [1.29, 1.82) is 0 Å². The molecule has 0 aromatic heterocycles. The van der Waals surface area contributed by atoms with Crippen molar-refractivity contribution in [3.63, 3.8) is 0 Å². The van der Waals surface area contributed by atoms with Crippen LogP contribution in [0, 0.1) is 0 Å². The van der Waals surface area contributed by atoms with E-state index < -0.39 is 0 Å². The van der Waals surface area contributed by atoms with E-state index >= 15 is 0 Å². The number of para-hydroxylation sites is 1. The molecule has 0 amide bonds. The summed E-state index contributed by atoms with van der Waals surface area (Å²) in [4.78, 5) is 2.32. The van der Waals surface area contributed by atoms with Crippen LogP contribution < -0.4 is 4.90 Å². The van der Waals surface area contributed by atoms with Crippen LogP contribution in [0.25, 0.3) is 33.0 Å². The quantitative estimate of drug-likeness (QED) is 0.280. The lowest BCUT2D eigenvalue weighted by molar-refractivity contribution is 0.661. The highest BCUT2D eigenvalue weighted by Crippen LogP contribution is 2.52. The minimum atomic E-state index is -0.0372. The maximum absolute atomic E-state index is 2.39. The Morgan fingerprint density at radius 3 is 2.18 bits per heavy atom. The third kappa shape index (κ3) is 3.00. The molecule has 0 saturated heterocycles. The molecule has 33 heavy (non-hydrogen) atoms. The molecule has 0 saturated carbocycles. The lowest BCUT2D eigenvalue weighted by Crippen LogP contribution is -2.16. The Morgan fingerprint density at radius 1 is 0.606 bits per heavy atom. The summed E-state index contributed by atoms with van der Waals surface area (Å²) in [6, 6.07) is 39.6. The largest absolute Gasteiger partial charge is 0.344 e. The lowest BCUT2D eigenvalue weighted by atomic mass is 9.82. The Labute approximate surface area is 195 Å². The second-order valence-corrected chi connectivity index (χ2v) is 9.51. The van der Waals surface area contributed by atoms with E-state index in [2.05, 4.69) is 135 Å². The van der Waals surface area contributed by atoms with Gasteiger partial charge in [-0.05, 0) is 56.8 Å². The first-order valence-corrected chi connectivity index (χ1v) is 11.6. The molecule has 0 atom stereocenters. The van der Waals surface area contributed by atoms with E-state index in [9.17, 15) is 0 Å². The molecule has 1 nitrogen and oxygen atoms in total. The van der Waals surface area contributed by atoms with Gasteiger partial charge in [-0.25, -0.2) is 0 Å². The molecule has 0 radical (unpaired) electrons. The van der Waals surface area contributed by atoms with Crippen LogP contribution in [0.1, 0.15) is 25.0 Å². The van der Waals surface area contributed by atoms with E-state index in [1.165, 1.54) is 55.5 Å². The van der Waals surface area contributed by atoms with E-state index in [1.807, 2.05) is 0 Å². The molecule has 0 heterocycles. The molecule has 1 heteroatoms. The molecule has 5 aromatic carbocycles. The number of anilines is 2. The smallest absolute Gasteiger partial charge is 0.0487 e. The van der Waals surface area contributed by atoms with Gasteiger partial charge in [-0.2, -0.15) is 0 Å². The van der Waals surface area contributed by atoms with E-state index in [0.717, 1.165) is 0 Å². The molecule has 1 aliphatic rings. The number of nitrogens with zero attached hydrogens (tertiary/aromatic N) is 1. The third-order valence-electron chi connectivity index (χ3n) is 7.29. The van der Waals surface area contributed by atoms with E-state index in [-0.39, 0.29) is 5.41 Å². The van der Waals surface area contributed by atoms with Crippen molar-refractivity contribution in [2.45, 2.75) is 19.3 Å². The average molecular weight is 426 g/mol. The monoisotopic (exact) mass is 425 g/mol. The van der Waals surface area contributed by atoms with Gasteiger partial charge >= 0.3 is 0 Å². The number of fused-ring (bicyclic) bond motifs is 5. The lowest BCUT2D eigenvalue weighted by Gasteiger charge is -2.26. The van der Waals surface area contributed by atoms with Gasteiger partial charge in [0.15, 0.2) is 0 Å². The standard InChI is InChI=1S/C32H27N/c1-32(2)28-20-17-23-13-7-8-15-26(23)31(28)27-19-18-24(21-29(27)32)33(3)30-16-10-9-14-25(30)22-11-5-4-6-12-22/h4-21H,1-3H3. The second kappa shape index (κ2) is 7.35. The van der Waals surface area contributed by atoms with Gasteiger partial charge in [0.1, 0.15) is 0 Å². The van der Waals surface area contributed by atoms with Gasteiger partial charge in [0.05, 0.1) is 0 Å². The number of hydrogen-bond acceptors (Lipinski definition) is 1. The Balaban J connectivity index is 1.49. The molecule has 1 aliphatic carbocycles. The molecule has 5 aromatic rings. The maximum Gasteiger partial charge on any atom is 0.0487 e. The van der Waals surface area contributed by atoms with Crippen molar-refractivity contribution in [2.24, 2.45) is 0 Å². The fourth-order valence-corrected chi connectivity index (χ4v) is 5.47. The van der Waals surface area contributed by atoms with Crippen LogP contribution in [0.3, 0.4) is 0 Å². The molecule has 0 spiro atoms. The molecule has 0 fully saturated rings. The van der Waals surface area contributed by atoms with Gasteiger partial charge in [-0.3, -0.25) is 0 Å². The summed E-state index contributed by atoms with van der Waals surface area (Å²) in [5.41, 5.74) is 10.4. The van der Waals surface area contributed by atoms with Crippen LogP contribution in [0.15, 0.2) is 109 Å². The Bertz CT molecular complexity index is 1490. The molecule has 0 aliphatic heterocycles.